The molecule has 258 valence electrons. The van der Waals surface area contributed by atoms with Gasteiger partial charge in [0.1, 0.15) is 11.2 Å². The molecule has 0 aliphatic rings. The molecule has 0 spiro atoms. The molecule has 0 amide bonds. The first-order valence-electron chi connectivity index (χ1n) is 18.8. The summed E-state index contributed by atoms with van der Waals surface area (Å²) in [5.41, 5.74) is 13.2. The quantitative estimate of drug-likeness (QED) is 0.172. The molecule has 0 N–H and O–H groups in total. The highest BCUT2D eigenvalue weighted by molar-refractivity contribution is 6.19. The molecule has 0 aliphatic heterocycles. The van der Waals surface area contributed by atoms with E-state index >= 15 is 0 Å². The molecule has 0 aliphatic carbocycles. The van der Waals surface area contributed by atoms with Crippen LogP contribution < -0.4 is 4.90 Å². The largest absolute Gasteiger partial charge is 0.455 e. The fraction of sp³-hybridized carbons (Fsp3) is 0. The highest BCUT2D eigenvalue weighted by Crippen LogP contribution is 2.44. The van der Waals surface area contributed by atoms with E-state index in [-0.39, 0.29) is 0 Å². The Morgan fingerprint density at radius 3 is 1.69 bits per heavy atom. The second-order valence-electron chi connectivity index (χ2n) is 14.1. The zero-order valence-corrected chi connectivity index (χ0v) is 29.9. The Balaban J connectivity index is 1.09. The van der Waals surface area contributed by atoms with Crippen LogP contribution in [0, 0.1) is 0 Å². The number of furan rings is 1. The number of nitrogens with zero attached hydrogens (tertiary/aromatic N) is 2. The van der Waals surface area contributed by atoms with Crippen LogP contribution >= 0.6 is 0 Å². The number of aromatic nitrogens is 1. The van der Waals surface area contributed by atoms with Crippen molar-refractivity contribution in [1.82, 2.24) is 4.57 Å². The molecule has 0 radical (unpaired) electrons. The molecule has 0 fully saturated rings. The van der Waals surface area contributed by atoms with Crippen LogP contribution in [0.2, 0.25) is 0 Å². The van der Waals surface area contributed by atoms with Crippen LogP contribution in [0.3, 0.4) is 0 Å². The zero-order valence-electron chi connectivity index (χ0n) is 29.9. The van der Waals surface area contributed by atoms with E-state index in [0.717, 1.165) is 61.2 Å². The summed E-state index contributed by atoms with van der Waals surface area (Å²) in [5, 5.41) is 7.07. The van der Waals surface area contributed by atoms with Gasteiger partial charge in [-0.1, -0.05) is 146 Å². The summed E-state index contributed by atoms with van der Waals surface area (Å²) in [4.78, 5) is 2.39. The summed E-state index contributed by atoms with van der Waals surface area (Å²) >= 11 is 0. The van der Waals surface area contributed by atoms with Gasteiger partial charge in [0, 0.05) is 38.3 Å². The van der Waals surface area contributed by atoms with E-state index in [4.69, 9.17) is 4.42 Å². The predicted molar refractivity (Wildman–Crippen MR) is 231 cm³/mol. The third kappa shape index (κ3) is 5.05. The number of rotatable bonds is 6. The minimum atomic E-state index is 0.896. The maximum Gasteiger partial charge on any atom is 0.143 e. The number of para-hydroxylation sites is 4. The molecule has 0 unspecified atom stereocenters. The van der Waals surface area contributed by atoms with Crippen molar-refractivity contribution in [2.24, 2.45) is 0 Å². The van der Waals surface area contributed by atoms with E-state index in [1.165, 1.54) is 38.3 Å². The first kappa shape index (κ1) is 31.2. The predicted octanol–water partition coefficient (Wildman–Crippen LogP) is 14.6. The zero-order chi connectivity index (χ0) is 36.3. The van der Waals surface area contributed by atoms with Crippen molar-refractivity contribution in [1.29, 1.82) is 0 Å². The van der Waals surface area contributed by atoms with Gasteiger partial charge in [-0.2, -0.15) is 0 Å². The molecule has 0 saturated heterocycles. The lowest BCUT2D eigenvalue weighted by Crippen LogP contribution is -2.13. The van der Waals surface area contributed by atoms with Crippen LogP contribution in [-0.4, -0.2) is 4.57 Å². The Bertz CT molecular complexity index is 3140. The van der Waals surface area contributed by atoms with Crippen LogP contribution in [0.5, 0.6) is 0 Å². The molecular formula is C52H34N2O. The second kappa shape index (κ2) is 12.6. The summed E-state index contributed by atoms with van der Waals surface area (Å²) in [5.74, 6) is 0. The lowest BCUT2D eigenvalue weighted by molar-refractivity contribution is 0.673. The van der Waals surface area contributed by atoms with Gasteiger partial charge >= 0.3 is 0 Å². The third-order valence-electron chi connectivity index (χ3n) is 11.0. The summed E-state index contributed by atoms with van der Waals surface area (Å²) < 4.78 is 8.96. The van der Waals surface area contributed by atoms with Gasteiger partial charge in [0.2, 0.25) is 0 Å². The monoisotopic (exact) mass is 702 g/mol. The fourth-order valence-electron chi connectivity index (χ4n) is 8.47. The van der Waals surface area contributed by atoms with Crippen LogP contribution in [0.1, 0.15) is 0 Å². The maximum atomic E-state index is 6.55. The molecule has 0 bridgehead atoms. The van der Waals surface area contributed by atoms with E-state index in [0.29, 0.717) is 0 Å². The van der Waals surface area contributed by atoms with Crippen molar-refractivity contribution in [3.8, 4) is 27.9 Å². The molecule has 55 heavy (non-hydrogen) atoms. The van der Waals surface area contributed by atoms with Gasteiger partial charge in [0.15, 0.2) is 0 Å². The molecule has 11 aromatic rings. The molecule has 2 heterocycles. The first-order valence-corrected chi connectivity index (χ1v) is 18.8. The molecule has 0 atom stereocenters. The Morgan fingerprint density at radius 2 is 0.964 bits per heavy atom. The van der Waals surface area contributed by atoms with E-state index in [1.54, 1.807) is 0 Å². The standard InChI is InChI=1S/C52H34N2O/c1-2-13-35(14-3-1)36-25-30-39(31-26-36)53(48-22-10-11-23-49(48)54-46-20-8-6-17-43(46)44-18-7-9-21-47(44)54)40-32-27-38(28-33-40)41-19-12-24-50-51(41)45-34-29-37-15-4-5-16-42(37)52(45)55-50/h1-34H. The topological polar surface area (TPSA) is 21.3 Å². The molecular weight excluding hydrogens is 669 g/mol. The van der Waals surface area contributed by atoms with Gasteiger partial charge in [0.25, 0.3) is 0 Å². The van der Waals surface area contributed by atoms with Gasteiger partial charge in [-0.05, 0) is 88.3 Å². The fourth-order valence-corrected chi connectivity index (χ4v) is 8.47. The Kier molecular flexibility index (Phi) is 7.17. The lowest BCUT2D eigenvalue weighted by Gasteiger charge is -2.28. The molecule has 9 aromatic carbocycles. The van der Waals surface area contributed by atoms with E-state index < -0.39 is 0 Å². The summed E-state index contributed by atoms with van der Waals surface area (Å²) in [6, 6.07) is 73.9. The maximum absolute atomic E-state index is 6.55. The van der Waals surface area contributed by atoms with Crippen molar-refractivity contribution in [2.75, 3.05) is 4.90 Å². The third-order valence-corrected chi connectivity index (χ3v) is 11.0. The van der Waals surface area contributed by atoms with E-state index in [9.17, 15) is 0 Å². The van der Waals surface area contributed by atoms with Crippen LogP contribution in [0.25, 0.3) is 82.5 Å². The van der Waals surface area contributed by atoms with Gasteiger partial charge < -0.3 is 13.9 Å². The van der Waals surface area contributed by atoms with Crippen molar-refractivity contribution in [2.45, 2.75) is 0 Å². The Morgan fingerprint density at radius 1 is 0.382 bits per heavy atom. The SMILES string of the molecule is c1ccc(-c2ccc(N(c3ccc(-c4cccc5oc6c7ccccc7ccc6c45)cc3)c3ccccc3-n3c4ccccc4c4ccccc43)cc2)cc1. The summed E-state index contributed by atoms with van der Waals surface area (Å²) in [7, 11) is 0. The molecule has 3 heteroatoms. The average Bonchev–Trinajstić information content (AvgIpc) is 3.81. The number of benzene rings is 9. The van der Waals surface area contributed by atoms with Crippen molar-refractivity contribution < 1.29 is 4.42 Å². The van der Waals surface area contributed by atoms with Gasteiger partial charge in [-0.25, -0.2) is 0 Å². The smallest absolute Gasteiger partial charge is 0.143 e. The van der Waals surface area contributed by atoms with Gasteiger partial charge in [-0.3, -0.25) is 0 Å². The van der Waals surface area contributed by atoms with Crippen LogP contribution in [0.4, 0.5) is 17.1 Å². The van der Waals surface area contributed by atoms with Crippen LogP contribution in [0.15, 0.2) is 211 Å². The normalized spacial score (nSPS) is 11.6. The lowest BCUT2D eigenvalue weighted by atomic mass is 9.98. The van der Waals surface area contributed by atoms with Crippen LogP contribution in [-0.2, 0) is 0 Å². The van der Waals surface area contributed by atoms with E-state index in [1.807, 2.05) is 0 Å². The van der Waals surface area contributed by atoms with Crippen molar-refractivity contribution in [3.05, 3.63) is 206 Å². The van der Waals surface area contributed by atoms with Gasteiger partial charge in [-0.15, -0.1) is 0 Å². The number of fused-ring (bicyclic) bond motifs is 8. The molecule has 0 saturated carbocycles. The van der Waals surface area contributed by atoms with E-state index in [2.05, 4.69) is 216 Å². The summed E-state index contributed by atoms with van der Waals surface area (Å²) in [6.07, 6.45) is 0. The molecule has 2 aromatic heterocycles. The minimum absolute atomic E-state index is 0.896. The number of anilines is 3. The van der Waals surface area contributed by atoms with Crippen molar-refractivity contribution >= 4 is 71.6 Å². The van der Waals surface area contributed by atoms with Crippen molar-refractivity contribution in [3.63, 3.8) is 0 Å². The Labute approximate surface area is 318 Å². The molecule has 11 rings (SSSR count). The Hall–Kier alpha value is -7.36. The average molecular weight is 703 g/mol. The second-order valence-corrected chi connectivity index (χ2v) is 14.1. The first-order chi connectivity index (χ1) is 27.3. The highest BCUT2D eigenvalue weighted by atomic mass is 16.3. The number of hydrogen-bond donors (Lipinski definition) is 0. The summed E-state index contributed by atoms with van der Waals surface area (Å²) in [6.45, 7) is 0. The highest BCUT2D eigenvalue weighted by Gasteiger charge is 2.21. The number of hydrogen-bond acceptors (Lipinski definition) is 2. The molecule has 3 nitrogen and oxygen atoms in total. The minimum Gasteiger partial charge on any atom is -0.455 e. The van der Waals surface area contributed by atoms with Gasteiger partial charge in [0.05, 0.1) is 22.4 Å².